The maximum atomic E-state index is 13.1. The second-order valence-electron chi connectivity index (χ2n) is 6.50. The number of amides is 1. The van der Waals surface area contributed by atoms with Gasteiger partial charge in [-0.2, -0.15) is 5.11 Å². The van der Waals surface area contributed by atoms with Gasteiger partial charge in [0.2, 0.25) is 6.04 Å². The van der Waals surface area contributed by atoms with E-state index in [1.165, 1.54) is 27.2 Å². The van der Waals surface area contributed by atoms with Crippen molar-refractivity contribution < 1.29 is 28.5 Å². The largest absolute Gasteiger partial charge is 0.497 e. The van der Waals surface area contributed by atoms with E-state index >= 15 is 0 Å². The van der Waals surface area contributed by atoms with Gasteiger partial charge in [0.25, 0.3) is 5.91 Å². The van der Waals surface area contributed by atoms with Crippen LogP contribution < -0.4 is 23.4 Å². The summed E-state index contributed by atoms with van der Waals surface area (Å²) in [6, 6.07) is 6.28. The molecule has 0 heterocycles. The molecular formula is C22H25Cl2N3O6. The molecule has 0 bridgehead atoms. The van der Waals surface area contributed by atoms with Gasteiger partial charge in [0.1, 0.15) is 17.2 Å². The highest BCUT2D eigenvalue weighted by atomic mass is 35.5. The average Bonchev–Trinajstić information content (AvgIpc) is 2.79. The van der Waals surface area contributed by atoms with E-state index in [1.807, 2.05) is 0 Å². The molecule has 0 fully saturated rings. The fraction of sp³-hybridized carbons (Fsp3) is 0.364. The minimum absolute atomic E-state index is 0.182. The maximum absolute atomic E-state index is 13.1. The number of hydrogen-bond acceptors (Lipinski definition) is 8. The zero-order valence-corrected chi connectivity index (χ0v) is 20.4. The van der Waals surface area contributed by atoms with E-state index in [4.69, 9.17) is 42.3 Å². The molecule has 33 heavy (non-hydrogen) atoms. The quantitative estimate of drug-likeness (QED) is 0.234. The van der Waals surface area contributed by atoms with Crippen LogP contribution >= 0.6 is 23.4 Å². The number of hydrogen-bond donors (Lipinski definition) is 0. The zero-order chi connectivity index (χ0) is 24.5. The number of halogens is 2. The van der Waals surface area contributed by atoms with Crippen molar-refractivity contribution in [1.29, 1.82) is 0 Å². The molecule has 1 unspecified atom stereocenters. The Bertz CT molecular complexity index is 1000. The fourth-order valence-corrected chi connectivity index (χ4v) is 3.20. The highest BCUT2D eigenvalue weighted by Crippen LogP contribution is 2.41. The Kier molecular flexibility index (Phi) is 9.74. The number of ketones is 1. The van der Waals surface area contributed by atoms with E-state index < -0.39 is 17.7 Å². The van der Waals surface area contributed by atoms with E-state index in [-0.39, 0.29) is 11.4 Å². The number of rotatable bonds is 11. The first-order valence-electron chi connectivity index (χ1n) is 9.99. The topological polar surface area (TPSA) is 99.0 Å². The summed E-state index contributed by atoms with van der Waals surface area (Å²) in [5.74, 6) is -0.0683. The molecule has 0 saturated carbocycles. The number of anilines is 1. The van der Waals surface area contributed by atoms with Gasteiger partial charge in [0, 0.05) is 35.0 Å². The summed E-state index contributed by atoms with van der Waals surface area (Å²) >= 11 is 12.4. The predicted octanol–water partition coefficient (Wildman–Crippen LogP) is 5.38. The third-order valence-corrected chi connectivity index (χ3v) is 4.85. The molecule has 9 nitrogen and oxygen atoms in total. The highest BCUT2D eigenvalue weighted by molar-refractivity contribution is 6.39. The lowest BCUT2D eigenvalue weighted by molar-refractivity contribution is -0.126. The molecule has 1 amide bonds. The summed E-state index contributed by atoms with van der Waals surface area (Å²) in [6.07, 6.45) is 0. The lowest BCUT2D eigenvalue weighted by atomic mass is 10.2. The molecule has 0 aliphatic heterocycles. The normalized spacial score (nSPS) is 11.7. The SMILES string of the molecule is CCOc1cc(Cl)cc(OCC)c1N=NC(C(C)=O)C(=O)N(Cl)c1cc(OC)ccc1OC. The first-order valence-corrected chi connectivity index (χ1v) is 10.7. The van der Waals surface area contributed by atoms with Crippen molar-refractivity contribution in [1.82, 2.24) is 0 Å². The molecule has 11 heteroatoms. The monoisotopic (exact) mass is 497 g/mol. The molecule has 0 N–H and O–H groups in total. The number of azo groups is 1. The number of nitrogens with zero attached hydrogens (tertiary/aromatic N) is 3. The van der Waals surface area contributed by atoms with Crippen LogP contribution in [0.15, 0.2) is 40.6 Å². The van der Waals surface area contributed by atoms with Gasteiger partial charge in [-0.25, -0.2) is 4.42 Å². The molecule has 1 atom stereocenters. The molecule has 2 rings (SSSR count). The molecule has 0 aromatic heterocycles. The first-order chi connectivity index (χ1) is 15.8. The zero-order valence-electron chi connectivity index (χ0n) is 18.9. The van der Waals surface area contributed by atoms with Gasteiger partial charge in [0.05, 0.1) is 27.4 Å². The summed E-state index contributed by atoms with van der Waals surface area (Å²) in [4.78, 5) is 25.4. The van der Waals surface area contributed by atoms with Crippen LogP contribution in [0.4, 0.5) is 11.4 Å². The standard InChI is InChI=1S/C22H25Cl2N3O6/c1-6-32-18-10-14(23)11-19(33-7-2)21(18)26-25-20(13(3)28)22(29)27(24)16-12-15(30-4)8-9-17(16)31-5/h8-12,20H,6-7H2,1-5H3. The number of ether oxygens (including phenoxy) is 4. The lowest BCUT2D eigenvalue weighted by Crippen LogP contribution is -2.36. The lowest BCUT2D eigenvalue weighted by Gasteiger charge is -2.20. The third kappa shape index (κ3) is 6.49. The Morgan fingerprint density at radius 1 is 1.00 bits per heavy atom. The van der Waals surface area contributed by atoms with Crippen molar-refractivity contribution in [2.24, 2.45) is 10.2 Å². The Labute approximate surface area is 202 Å². The van der Waals surface area contributed by atoms with Gasteiger partial charge in [-0.1, -0.05) is 11.6 Å². The molecule has 0 spiro atoms. The van der Waals surface area contributed by atoms with Crippen LogP contribution in [0.1, 0.15) is 20.8 Å². The number of Topliss-reactive ketones (excluding diaryl/α,β-unsaturated/α-hetero) is 1. The van der Waals surface area contributed by atoms with Gasteiger partial charge in [-0.15, -0.1) is 5.11 Å². The molecular weight excluding hydrogens is 473 g/mol. The summed E-state index contributed by atoms with van der Waals surface area (Å²) in [7, 11) is 2.89. The molecule has 0 saturated heterocycles. The van der Waals surface area contributed by atoms with Crippen LogP contribution in [0.25, 0.3) is 0 Å². The Hall–Kier alpha value is -3.04. The van der Waals surface area contributed by atoms with Crippen LogP contribution in [0.5, 0.6) is 23.0 Å². The van der Waals surface area contributed by atoms with Crippen molar-refractivity contribution in [2.45, 2.75) is 26.8 Å². The Morgan fingerprint density at radius 3 is 2.09 bits per heavy atom. The van der Waals surface area contributed by atoms with E-state index in [9.17, 15) is 9.59 Å². The van der Waals surface area contributed by atoms with Crippen LogP contribution in [-0.2, 0) is 9.59 Å². The Balaban J connectivity index is 2.46. The van der Waals surface area contributed by atoms with Crippen molar-refractivity contribution in [2.75, 3.05) is 31.9 Å². The second-order valence-corrected chi connectivity index (χ2v) is 7.28. The molecule has 2 aromatic carbocycles. The summed E-state index contributed by atoms with van der Waals surface area (Å²) < 4.78 is 22.3. The number of carbonyl (C=O) groups excluding carboxylic acids is 2. The number of benzene rings is 2. The minimum Gasteiger partial charge on any atom is -0.497 e. The van der Waals surface area contributed by atoms with Gasteiger partial charge >= 0.3 is 0 Å². The van der Waals surface area contributed by atoms with Crippen molar-refractivity contribution in [3.05, 3.63) is 35.4 Å². The second kappa shape index (κ2) is 12.3. The molecule has 0 radical (unpaired) electrons. The molecule has 0 aliphatic rings. The van der Waals surface area contributed by atoms with Gasteiger partial charge < -0.3 is 18.9 Å². The minimum atomic E-state index is -1.53. The summed E-state index contributed by atoms with van der Waals surface area (Å²) in [5, 5.41) is 8.46. The molecule has 2 aromatic rings. The van der Waals surface area contributed by atoms with Gasteiger partial charge in [-0.3, -0.25) is 9.59 Å². The van der Waals surface area contributed by atoms with Crippen LogP contribution in [-0.4, -0.2) is 45.2 Å². The highest BCUT2D eigenvalue weighted by Gasteiger charge is 2.31. The predicted molar refractivity (Wildman–Crippen MR) is 126 cm³/mol. The van der Waals surface area contributed by atoms with Crippen molar-refractivity contribution in [3.8, 4) is 23.0 Å². The molecule has 178 valence electrons. The fourth-order valence-electron chi connectivity index (χ4n) is 2.78. The van der Waals surface area contributed by atoms with E-state index in [0.717, 1.165) is 4.42 Å². The van der Waals surface area contributed by atoms with E-state index in [2.05, 4.69) is 10.2 Å². The third-order valence-electron chi connectivity index (χ3n) is 4.29. The van der Waals surface area contributed by atoms with E-state index in [1.54, 1.807) is 38.1 Å². The average molecular weight is 498 g/mol. The van der Waals surface area contributed by atoms with Crippen molar-refractivity contribution in [3.63, 3.8) is 0 Å². The summed E-state index contributed by atoms with van der Waals surface area (Å²) in [6.45, 7) is 5.45. The Morgan fingerprint density at radius 2 is 1.61 bits per heavy atom. The number of methoxy groups -OCH3 is 2. The van der Waals surface area contributed by atoms with E-state index in [0.29, 0.717) is 41.2 Å². The first kappa shape index (κ1) is 26.2. The summed E-state index contributed by atoms with van der Waals surface area (Å²) in [5.41, 5.74) is 0.378. The maximum Gasteiger partial charge on any atom is 0.276 e. The van der Waals surface area contributed by atoms with Crippen molar-refractivity contribution >= 4 is 46.4 Å². The van der Waals surface area contributed by atoms with Gasteiger partial charge in [-0.05, 0) is 32.9 Å². The van der Waals surface area contributed by atoms with Crippen LogP contribution in [0, 0.1) is 0 Å². The number of carbonyl (C=O) groups is 2. The smallest absolute Gasteiger partial charge is 0.276 e. The van der Waals surface area contributed by atoms with Gasteiger partial charge in [0.15, 0.2) is 23.0 Å². The molecule has 0 aliphatic carbocycles. The van der Waals surface area contributed by atoms with Crippen LogP contribution in [0.2, 0.25) is 5.02 Å². The van der Waals surface area contributed by atoms with Crippen LogP contribution in [0.3, 0.4) is 0 Å².